The van der Waals surface area contributed by atoms with Gasteiger partial charge in [0.05, 0.1) is 5.60 Å². The second kappa shape index (κ2) is 2.96. The van der Waals surface area contributed by atoms with E-state index in [0.29, 0.717) is 0 Å². The van der Waals surface area contributed by atoms with Crippen LogP contribution in [-0.4, -0.2) is 30.3 Å². The summed E-state index contributed by atoms with van der Waals surface area (Å²) < 4.78 is 5.76. The average Bonchev–Trinajstić information content (AvgIpc) is 2.02. The normalized spacial score (nSPS) is 35.2. The Morgan fingerprint density at radius 2 is 2.36 bits per heavy atom. The van der Waals surface area contributed by atoms with Gasteiger partial charge in [-0.2, -0.15) is 11.8 Å². The second-order valence-electron chi connectivity index (χ2n) is 3.62. The third-order valence-electron chi connectivity index (χ3n) is 2.66. The van der Waals surface area contributed by atoms with E-state index in [2.05, 4.69) is 0 Å². The first-order valence-electron chi connectivity index (χ1n) is 4.26. The molecule has 2 aliphatic rings. The molecular weight excluding hydrogens is 158 g/mol. The van der Waals surface area contributed by atoms with Crippen molar-refractivity contribution in [3.05, 3.63) is 0 Å². The van der Waals surface area contributed by atoms with Crippen LogP contribution < -0.4 is 5.73 Å². The van der Waals surface area contributed by atoms with Gasteiger partial charge in [0.25, 0.3) is 0 Å². The summed E-state index contributed by atoms with van der Waals surface area (Å²) >= 11 is 1.99. The Kier molecular flexibility index (Phi) is 2.12. The highest BCUT2D eigenvalue weighted by atomic mass is 32.2. The van der Waals surface area contributed by atoms with Crippen LogP contribution in [0.1, 0.15) is 12.8 Å². The maximum Gasteiger partial charge on any atom is 0.0865 e. The van der Waals surface area contributed by atoms with E-state index < -0.39 is 0 Å². The lowest BCUT2D eigenvalue weighted by atomic mass is 9.88. The summed E-state index contributed by atoms with van der Waals surface area (Å²) in [6.45, 7) is 1.78. The molecular formula is C8H15NOS. The van der Waals surface area contributed by atoms with Gasteiger partial charge in [-0.1, -0.05) is 0 Å². The van der Waals surface area contributed by atoms with Gasteiger partial charge in [-0.05, 0) is 25.3 Å². The van der Waals surface area contributed by atoms with Crippen LogP contribution in [0.2, 0.25) is 0 Å². The molecule has 2 rings (SSSR count). The van der Waals surface area contributed by atoms with Crippen LogP contribution in [0.3, 0.4) is 0 Å². The molecule has 0 amide bonds. The highest BCUT2D eigenvalue weighted by molar-refractivity contribution is 8.00. The highest BCUT2D eigenvalue weighted by Gasteiger charge is 2.42. The highest BCUT2D eigenvalue weighted by Crippen LogP contribution is 2.41. The molecule has 2 heterocycles. The van der Waals surface area contributed by atoms with Gasteiger partial charge in [0.1, 0.15) is 0 Å². The van der Waals surface area contributed by atoms with Crippen LogP contribution >= 0.6 is 11.8 Å². The molecule has 0 aromatic rings. The summed E-state index contributed by atoms with van der Waals surface area (Å²) in [6, 6.07) is 0. The van der Waals surface area contributed by atoms with Crippen molar-refractivity contribution in [2.24, 2.45) is 11.7 Å². The number of hydrogen-bond acceptors (Lipinski definition) is 3. The number of ether oxygens (including phenoxy) is 1. The van der Waals surface area contributed by atoms with E-state index >= 15 is 0 Å². The molecule has 2 saturated heterocycles. The summed E-state index contributed by atoms with van der Waals surface area (Å²) in [5.74, 6) is 3.12. The third-order valence-corrected chi connectivity index (χ3v) is 4.12. The number of thioether (sulfide) groups is 1. The molecule has 2 fully saturated rings. The van der Waals surface area contributed by atoms with E-state index in [1.165, 1.54) is 24.3 Å². The first kappa shape index (κ1) is 7.90. The maximum absolute atomic E-state index is 5.76. The smallest absolute Gasteiger partial charge is 0.0865 e. The van der Waals surface area contributed by atoms with Crippen LogP contribution in [0.4, 0.5) is 0 Å². The second-order valence-corrected chi connectivity index (χ2v) is 4.60. The van der Waals surface area contributed by atoms with Gasteiger partial charge in [0.2, 0.25) is 0 Å². The van der Waals surface area contributed by atoms with E-state index in [9.17, 15) is 0 Å². The Morgan fingerprint density at radius 1 is 1.55 bits per heavy atom. The molecule has 0 aromatic carbocycles. The first-order chi connectivity index (χ1) is 5.35. The molecule has 2 nitrogen and oxygen atoms in total. The van der Waals surface area contributed by atoms with Crippen molar-refractivity contribution in [2.75, 3.05) is 24.7 Å². The summed E-state index contributed by atoms with van der Waals surface area (Å²) in [5, 5.41) is 0. The quantitative estimate of drug-likeness (QED) is 0.638. The lowest BCUT2D eigenvalue weighted by Gasteiger charge is -2.46. The Balaban J connectivity index is 1.92. The zero-order valence-electron chi connectivity index (χ0n) is 6.71. The van der Waals surface area contributed by atoms with Gasteiger partial charge in [0, 0.05) is 18.1 Å². The van der Waals surface area contributed by atoms with Crippen LogP contribution in [0, 0.1) is 5.92 Å². The van der Waals surface area contributed by atoms with Crippen molar-refractivity contribution in [3.8, 4) is 0 Å². The average molecular weight is 173 g/mol. The summed E-state index contributed by atoms with van der Waals surface area (Å²) in [7, 11) is 0. The number of rotatable bonds is 1. The fourth-order valence-electron chi connectivity index (χ4n) is 1.86. The molecule has 1 unspecified atom stereocenters. The molecule has 11 heavy (non-hydrogen) atoms. The van der Waals surface area contributed by atoms with Gasteiger partial charge in [0.15, 0.2) is 0 Å². The number of nitrogens with two attached hydrogens (primary N) is 1. The van der Waals surface area contributed by atoms with Crippen LogP contribution in [0.25, 0.3) is 0 Å². The van der Waals surface area contributed by atoms with E-state index in [-0.39, 0.29) is 5.60 Å². The summed E-state index contributed by atoms with van der Waals surface area (Å²) in [5.41, 5.74) is 5.90. The minimum absolute atomic E-state index is 0.257. The van der Waals surface area contributed by atoms with Crippen molar-refractivity contribution in [1.82, 2.24) is 0 Å². The predicted molar refractivity (Wildman–Crippen MR) is 47.8 cm³/mol. The molecule has 3 heteroatoms. The van der Waals surface area contributed by atoms with E-state index in [4.69, 9.17) is 10.5 Å². The fraction of sp³-hybridized carbons (Fsp3) is 1.00. The van der Waals surface area contributed by atoms with E-state index in [1.807, 2.05) is 11.8 Å². The molecule has 0 aromatic heterocycles. The van der Waals surface area contributed by atoms with Gasteiger partial charge < -0.3 is 10.5 Å². The Hall–Kier alpha value is 0.270. The fourth-order valence-corrected chi connectivity index (χ4v) is 2.92. The molecule has 1 spiro atoms. The van der Waals surface area contributed by atoms with Gasteiger partial charge in [-0.3, -0.25) is 0 Å². The topological polar surface area (TPSA) is 35.2 Å². The first-order valence-corrected chi connectivity index (χ1v) is 5.42. The molecule has 1 atom stereocenters. The minimum Gasteiger partial charge on any atom is -0.373 e. The molecule has 0 aliphatic carbocycles. The van der Waals surface area contributed by atoms with E-state index in [1.54, 1.807) is 0 Å². The molecule has 0 radical (unpaired) electrons. The van der Waals surface area contributed by atoms with Crippen LogP contribution in [0.15, 0.2) is 0 Å². The Bertz CT molecular complexity index is 147. The molecule has 2 aliphatic heterocycles. The SMILES string of the molecule is NCC1CCOC2(CSC2)C1. The minimum atomic E-state index is 0.257. The van der Waals surface area contributed by atoms with Crippen molar-refractivity contribution < 1.29 is 4.74 Å². The van der Waals surface area contributed by atoms with E-state index in [0.717, 1.165) is 19.1 Å². The summed E-state index contributed by atoms with van der Waals surface area (Å²) in [6.07, 6.45) is 2.37. The maximum atomic E-state index is 5.76. The van der Waals surface area contributed by atoms with Crippen molar-refractivity contribution in [3.63, 3.8) is 0 Å². The lowest BCUT2D eigenvalue weighted by Crippen LogP contribution is -2.51. The Morgan fingerprint density at radius 3 is 2.91 bits per heavy atom. The zero-order valence-corrected chi connectivity index (χ0v) is 7.53. The zero-order chi connectivity index (χ0) is 7.73. The van der Waals surface area contributed by atoms with Crippen molar-refractivity contribution in [2.45, 2.75) is 18.4 Å². The third kappa shape index (κ3) is 1.42. The Labute approximate surface area is 71.9 Å². The standard InChI is InChI=1S/C8H15NOS/c9-4-7-1-2-10-8(3-7)5-11-6-8/h7H,1-6,9H2. The van der Waals surface area contributed by atoms with Crippen molar-refractivity contribution in [1.29, 1.82) is 0 Å². The lowest BCUT2D eigenvalue weighted by molar-refractivity contribution is -0.0713. The van der Waals surface area contributed by atoms with Gasteiger partial charge >= 0.3 is 0 Å². The van der Waals surface area contributed by atoms with Crippen molar-refractivity contribution >= 4 is 11.8 Å². The molecule has 0 bridgehead atoms. The molecule has 64 valence electrons. The predicted octanol–water partition coefficient (Wildman–Crippen LogP) is 0.857. The molecule has 0 saturated carbocycles. The van der Waals surface area contributed by atoms with Gasteiger partial charge in [-0.15, -0.1) is 0 Å². The number of hydrogen-bond donors (Lipinski definition) is 1. The largest absolute Gasteiger partial charge is 0.373 e. The molecule has 2 N–H and O–H groups in total. The van der Waals surface area contributed by atoms with Gasteiger partial charge in [-0.25, -0.2) is 0 Å². The van der Waals surface area contributed by atoms with Crippen LogP contribution in [-0.2, 0) is 4.74 Å². The van der Waals surface area contributed by atoms with Crippen LogP contribution in [0.5, 0.6) is 0 Å². The monoisotopic (exact) mass is 173 g/mol. The summed E-state index contributed by atoms with van der Waals surface area (Å²) in [4.78, 5) is 0.